The van der Waals surface area contributed by atoms with Gasteiger partial charge in [-0.15, -0.1) is 11.3 Å². The van der Waals surface area contributed by atoms with Crippen LogP contribution in [0.25, 0.3) is 0 Å². The number of hydrogen-bond donors (Lipinski definition) is 1. The smallest absolute Gasteiger partial charge is 0.334 e. The van der Waals surface area contributed by atoms with Crippen molar-refractivity contribution < 1.29 is 14.4 Å². The Labute approximate surface area is 114 Å². The molecule has 1 aromatic rings. The average molecular weight is 282 g/mol. The largest absolute Gasteiger partial charge is 0.362 e. The lowest BCUT2D eigenvalue weighted by Crippen LogP contribution is -2.30. The number of hydrogen-bond acceptors (Lipinski definition) is 6. The minimum Gasteiger partial charge on any atom is -0.362 e. The molecule has 0 spiro atoms. The van der Waals surface area contributed by atoms with Gasteiger partial charge in [0.15, 0.2) is 5.13 Å². The van der Waals surface area contributed by atoms with Gasteiger partial charge >= 0.3 is 17.8 Å². The summed E-state index contributed by atoms with van der Waals surface area (Å²) < 4.78 is 0. The molecule has 7 nitrogen and oxygen atoms in total. The van der Waals surface area contributed by atoms with Crippen LogP contribution in [0, 0.1) is 0 Å². The summed E-state index contributed by atoms with van der Waals surface area (Å²) in [5.41, 5.74) is 0. The van der Waals surface area contributed by atoms with Crippen LogP contribution < -0.4 is 5.32 Å². The number of thiazole rings is 1. The zero-order chi connectivity index (χ0) is 14.0. The van der Waals surface area contributed by atoms with Crippen molar-refractivity contribution in [3.05, 3.63) is 11.1 Å². The first kappa shape index (κ1) is 13.5. The van der Waals surface area contributed by atoms with E-state index in [0.717, 1.165) is 32.8 Å². The molecule has 0 bridgehead atoms. The molecule has 1 aromatic heterocycles. The van der Waals surface area contributed by atoms with Gasteiger partial charge in [0.05, 0.1) is 6.54 Å². The molecule has 2 heterocycles. The molecule has 0 unspecified atom stereocenters. The number of amides is 4. The number of likely N-dealkylation sites (N-methyl/N-ethyl adjacent to an activating group) is 1. The quantitative estimate of drug-likeness (QED) is 0.640. The second-order valence-electron chi connectivity index (χ2n) is 4.10. The lowest BCUT2D eigenvalue weighted by Gasteiger charge is -2.10. The maximum atomic E-state index is 11.7. The van der Waals surface area contributed by atoms with Crippen molar-refractivity contribution in [2.45, 2.75) is 19.9 Å². The highest BCUT2D eigenvalue weighted by Crippen LogP contribution is 2.22. The number of imide groups is 2. The highest BCUT2D eigenvalue weighted by molar-refractivity contribution is 7.15. The molecule has 0 aliphatic carbocycles. The van der Waals surface area contributed by atoms with Crippen LogP contribution in [0.15, 0.2) is 6.20 Å². The third kappa shape index (κ3) is 2.58. The Morgan fingerprint density at radius 2 is 2.05 bits per heavy atom. The van der Waals surface area contributed by atoms with Crippen molar-refractivity contribution in [1.82, 2.24) is 14.8 Å². The summed E-state index contributed by atoms with van der Waals surface area (Å²) in [6.07, 6.45) is 2.59. The van der Waals surface area contributed by atoms with Gasteiger partial charge in [-0.25, -0.2) is 9.78 Å². The number of carbonyl (C=O) groups is 3. The zero-order valence-electron chi connectivity index (χ0n) is 10.7. The molecule has 1 aliphatic rings. The number of carbonyl (C=O) groups excluding carboxylic acids is 3. The minimum absolute atomic E-state index is 0.0826. The van der Waals surface area contributed by atoms with E-state index >= 15 is 0 Å². The Morgan fingerprint density at radius 1 is 1.32 bits per heavy atom. The molecule has 102 valence electrons. The second kappa shape index (κ2) is 5.35. The highest BCUT2D eigenvalue weighted by Gasteiger charge is 2.42. The molecular formula is C11H14N4O3S. The van der Waals surface area contributed by atoms with E-state index in [1.807, 2.05) is 6.92 Å². The molecule has 0 saturated carbocycles. The van der Waals surface area contributed by atoms with Crippen LogP contribution in [0.5, 0.6) is 0 Å². The first-order valence-corrected chi connectivity index (χ1v) is 6.68. The van der Waals surface area contributed by atoms with E-state index in [9.17, 15) is 14.4 Å². The molecule has 0 radical (unpaired) electrons. The van der Waals surface area contributed by atoms with Gasteiger partial charge < -0.3 is 5.32 Å². The summed E-state index contributed by atoms with van der Waals surface area (Å²) in [6, 6.07) is -0.591. The fourth-order valence-corrected chi connectivity index (χ4v) is 2.43. The van der Waals surface area contributed by atoms with Gasteiger partial charge in [-0.2, -0.15) is 0 Å². The molecule has 1 aliphatic heterocycles. The van der Waals surface area contributed by atoms with Crippen LogP contribution in [0.1, 0.15) is 18.2 Å². The van der Waals surface area contributed by atoms with Crippen molar-refractivity contribution in [3.8, 4) is 0 Å². The number of aromatic nitrogens is 1. The predicted octanol–water partition coefficient (Wildman–Crippen LogP) is 0.886. The summed E-state index contributed by atoms with van der Waals surface area (Å²) in [4.78, 5) is 41.3. The van der Waals surface area contributed by atoms with E-state index in [1.54, 1.807) is 6.20 Å². The van der Waals surface area contributed by atoms with Gasteiger partial charge in [0.25, 0.3) is 0 Å². The molecule has 1 fully saturated rings. The van der Waals surface area contributed by atoms with Crippen LogP contribution in [-0.2, 0) is 16.1 Å². The third-order valence-electron chi connectivity index (χ3n) is 2.64. The Hall–Kier alpha value is -1.96. The molecule has 4 amide bonds. The van der Waals surface area contributed by atoms with Gasteiger partial charge in [0, 0.05) is 24.7 Å². The van der Waals surface area contributed by atoms with Crippen molar-refractivity contribution in [3.63, 3.8) is 0 Å². The Morgan fingerprint density at radius 3 is 2.63 bits per heavy atom. The van der Waals surface area contributed by atoms with E-state index in [1.165, 1.54) is 18.4 Å². The topological polar surface area (TPSA) is 82.6 Å². The normalized spacial score (nSPS) is 15.6. The summed E-state index contributed by atoms with van der Waals surface area (Å²) in [7, 11) is 1.30. The monoisotopic (exact) mass is 282 g/mol. The number of nitrogens with zero attached hydrogens (tertiary/aromatic N) is 3. The number of anilines is 1. The number of nitrogens with one attached hydrogen (secondary N) is 1. The van der Waals surface area contributed by atoms with E-state index in [4.69, 9.17) is 0 Å². The summed E-state index contributed by atoms with van der Waals surface area (Å²) in [6.45, 7) is 2.94. The average Bonchev–Trinajstić information content (AvgIpc) is 2.92. The van der Waals surface area contributed by atoms with Gasteiger partial charge in [0.2, 0.25) is 0 Å². The van der Waals surface area contributed by atoms with Crippen molar-refractivity contribution >= 4 is 34.3 Å². The van der Waals surface area contributed by atoms with Crippen molar-refractivity contribution in [1.29, 1.82) is 0 Å². The molecule has 0 aromatic carbocycles. The molecular weight excluding hydrogens is 268 g/mol. The van der Waals surface area contributed by atoms with E-state index in [2.05, 4.69) is 10.3 Å². The molecule has 2 rings (SSSR count). The molecule has 1 saturated heterocycles. The third-order valence-corrected chi connectivity index (χ3v) is 3.58. The van der Waals surface area contributed by atoms with Crippen molar-refractivity contribution in [2.24, 2.45) is 0 Å². The van der Waals surface area contributed by atoms with E-state index in [-0.39, 0.29) is 6.54 Å². The Balaban J connectivity index is 2.05. The Kier molecular flexibility index (Phi) is 3.79. The van der Waals surface area contributed by atoms with Gasteiger partial charge in [-0.3, -0.25) is 19.4 Å². The van der Waals surface area contributed by atoms with Gasteiger partial charge in [-0.05, 0) is 6.42 Å². The Bertz CT molecular complexity index is 528. The first-order valence-electron chi connectivity index (χ1n) is 5.86. The maximum Gasteiger partial charge on any atom is 0.334 e. The zero-order valence-corrected chi connectivity index (χ0v) is 11.5. The van der Waals surface area contributed by atoms with Crippen LogP contribution in [0.4, 0.5) is 9.93 Å². The lowest BCUT2D eigenvalue weighted by atomic mass is 10.4. The van der Waals surface area contributed by atoms with Crippen LogP contribution in [0.2, 0.25) is 0 Å². The summed E-state index contributed by atoms with van der Waals surface area (Å²) in [5, 5.41) is 3.87. The van der Waals surface area contributed by atoms with Crippen LogP contribution in [0.3, 0.4) is 0 Å². The molecule has 0 atom stereocenters. The number of rotatable bonds is 5. The maximum absolute atomic E-state index is 11.7. The molecule has 8 heteroatoms. The predicted molar refractivity (Wildman–Crippen MR) is 69.6 cm³/mol. The molecule has 19 heavy (non-hydrogen) atoms. The van der Waals surface area contributed by atoms with Gasteiger partial charge in [-0.1, -0.05) is 6.92 Å². The first-order chi connectivity index (χ1) is 9.04. The summed E-state index contributed by atoms with van der Waals surface area (Å²) in [5.74, 6) is -1.58. The lowest BCUT2D eigenvalue weighted by molar-refractivity contribution is -0.143. The number of urea groups is 1. The van der Waals surface area contributed by atoms with Gasteiger partial charge in [0.1, 0.15) is 0 Å². The van der Waals surface area contributed by atoms with E-state index < -0.39 is 17.8 Å². The second-order valence-corrected chi connectivity index (χ2v) is 5.21. The fraction of sp³-hybridized carbons (Fsp3) is 0.455. The van der Waals surface area contributed by atoms with Crippen LogP contribution in [-0.4, -0.2) is 46.2 Å². The minimum atomic E-state index is -0.793. The van der Waals surface area contributed by atoms with Crippen LogP contribution >= 0.6 is 11.3 Å². The fourth-order valence-electron chi connectivity index (χ4n) is 1.60. The van der Waals surface area contributed by atoms with E-state index in [0.29, 0.717) is 0 Å². The van der Waals surface area contributed by atoms with Crippen molar-refractivity contribution in [2.75, 3.05) is 18.9 Å². The highest BCUT2D eigenvalue weighted by atomic mass is 32.1. The SMILES string of the molecule is CCCNc1ncc(CN2C(=O)C(=O)N(C)C2=O)s1. The standard InChI is InChI=1S/C11H14N4O3S/c1-3-4-12-10-13-5-7(19-10)6-15-9(17)8(16)14(2)11(15)18/h5H,3-4,6H2,1-2H3,(H,12,13). The summed E-state index contributed by atoms with van der Waals surface area (Å²) >= 11 is 1.37. The molecule has 1 N–H and O–H groups in total.